The molecule has 0 unspecified atom stereocenters. The summed E-state index contributed by atoms with van der Waals surface area (Å²) in [7, 11) is 0. The number of piperidine rings is 1. The summed E-state index contributed by atoms with van der Waals surface area (Å²) in [6.07, 6.45) is 15.3. The van der Waals surface area contributed by atoms with Gasteiger partial charge >= 0.3 is 0 Å². The van der Waals surface area contributed by atoms with Gasteiger partial charge in [-0.05, 0) is 100 Å². The van der Waals surface area contributed by atoms with E-state index in [1.807, 2.05) is 0 Å². The molecule has 2 aliphatic heterocycles. The van der Waals surface area contributed by atoms with Crippen molar-refractivity contribution in [3.63, 3.8) is 0 Å². The second-order valence-electron chi connectivity index (χ2n) is 15.9. The number of nitrogens with zero attached hydrogens (tertiary/aromatic N) is 1. The summed E-state index contributed by atoms with van der Waals surface area (Å²) in [5.74, 6) is 3.47. The predicted octanol–water partition coefficient (Wildman–Crippen LogP) is 6.95. The molecule has 6 aliphatic rings. The van der Waals surface area contributed by atoms with Crippen molar-refractivity contribution in [2.75, 3.05) is 52.7 Å². The molecule has 1 spiro atoms. The molecule has 44 heavy (non-hydrogen) atoms. The highest BCUT2D eigenvalue weighted by molar-refractivity contribution is 5.33. The predicted molar refractivity (Wildman–Crippen MR) is 176 cm³/mol. The van der Waals surface area contributed by atoms with Crippen molar-refractivity contribution in [3.05, 3.63) is 22.8 Å². The van der Waals surface area contributed by atoms with E-state index in [9.17, 15) is 5.11 Å². The van der Waals surface area contributed by atoms with Gasteiger partial charge in [0, 0.05) is 31.7 Å². The number of likely N-dealkylation sites (tertiary alicyclic amines) is 1. The Morgan fingerprint density at radius 2 is 1.75 bits per heavy atom. The summed E-state index contributed by atoms with van der Waals surface area (Å²) >= 11 is 0. The summed E-state index contributed by atoms with van der Waals surface area (Å²) in [5.41, 5.74) is 5.28. The minimum atomic E-state index is -0.222. The first-order chi connectivity index (χ1) is 21.3. The Labute approximate surface area is 268 Å². The van der Waals surface area contributed by atoms with Crippen molar-refractivity contribution in [2.24, 2.45) is 35.0 Å². The Morgan fingerprint density at radius 1 is 1.00 bits per heavy atom. The van der Waals surface area contributed by atoms with Crippen molar-refractivity contribution in [1.29, 1.82) is 0 Å². The number of fused-ring (bicyclic) bond motifs is 6. The number of allylic oxidation sites excluding steroid dienone is 2. The highest BCUT2D eigenvalue weighted by atomic mass is 16.5. The van der Waals surface area contributed by atoms with E-state index in [0.717, 1.165) is 69.7 Å². The van der Waals surface area contributed by atoms with E-state index >= 15 is 0 Å². The molecule has 0 aromatic carbocycles. The molecule has 0 amide bonds. The fourth-order valence-corrected chi connectivity index (χ4v) is 10.9. The molecule has 0 bridgehead atoms. The van der Waals surface area contributed by atoms with Gasteiger partial charge in [0.1, 0.15) is 0 Å². The van der Waals surface area contributed by atoms with Crippen molar-refractivity contribution in [3.8, 4) is 0 Å². The second kappa shape index (κ2) is 14.2. The molecule has 2 saturated carbocycles. The standard InChI is InChI=1S/C38H63NO5/c1-6-7-15-41-17-19-43-20-18-42-16-14-39-25-26(2)21-35-36(39)28(4)38(44-35)13-11-31-32-9-8-29-22-30(40)10-12-37(29,5)34(32)23-33(31)27(3)24-38/h22,26,28,30-32,34-36,40H,6-21,23-25H2,1-5H3/t26-,28+,30-,31-,32-,34-,35+,36-,37-,38-/m0/s1. The number of ether oxygens (including phenoxy) is 4. The zero-order chi connectivity index (χ0) is 30.9. The summed E-state index contributed by atoms with van der Waals surface area (Å²) in [6, 6.07) is 0.491. The van der Waals surface area contributed by atoms with Crippen molar-refractivity contribution >= 4 is 0 Å². The zero-order valence-corrected chi connectivity index (χ0v) is 28.7. The first-order valence-corrected chi connectivity index (χ1v) is 18.5. The molecule has 0 radical (unpaired) electrons. The third-order valence-electron chi connectivity index (χ3n) is 13.2. The van der Waals surface area contributed by atoms with Crippen LogP contribution in [0.4, 0.5) is 0 Å². The van der Waals surface area contributed by atoms with Gasteiger partial charge < -0.3 is 24.1 Å². The molecule has 10 atom stereocenters. The van der Waals surface area contributed by atoms with Crippen LogP contribution in [0.5, 0.6) is 0 Å². The SMILES string of the molecule is CCCCOCCOCCOCCN1C[C@@H](C)C[C@H]2O[C@]3(CC[C@@H]4C(=C(C)C3)C[C@H]3[C@H]4CCC4=C[C@@H](O)CC[C@@]43C)[C@H](C)[C@@H]21. The van der Waals surface area contributed by atoms with Gasteiger partial charge in [0.25, 0.3) is 0 Å². The van der Waals surface area contributed by atoms with E-state index in [4.69, 9.17) is 18.9 Å². The number of unbranched alkanes of at least 4 members (excludes halogenated alkanes) is 1. The molecule has 0 aromatic heterocycles. The van der Waals surface area contributed by atoms with Crippen LogP contribution in [-0.2, 0) is 18.9 Å². The maximum absolute atomic E-state index is 10.4. The molecule has 250 valence electrons. The van der Waals surface area contributed by atoms with Gasteiger partial charge in [0.15, 0.2) is 0 Å². The smallest absolute Gasteiger partial charge is 0.0765 e. The normalized spacial score (nSPS) is 42.1. The fraction of sp³-hybridized carbons (Fsp3) is 0.895. The average molecular weight is 614 g/mol. The summed E-state index contributed by atoms with van der Waals surface area (Å²) < 4.78 is 24.6. The number of aliphatic hydroxyl groups is 1. The Morgan fingerprint density at radius 3 is 2.52 bits per heavy atom. The Bertz CT molecular complexity index is 1040. The van der Waals surface area contributed by atoms with Crippen LogP contribution < -0.4 is 0 Å². The molecule has 4 aliphatic carbocycles. The van der Waals surface area contributed by atoms with Gasteiger partial charge in [-0.25, -0.2) is 0 Å². The van der Waals surface area contributed by atoms with Gasteiger partial charge in [-0.1, -0.05) is 56.9 Å². The van der Waals surface area contributed by atoms with Gasteiger partial charge in [-0.2, -0.15) is 0 Å². The number of hydrogen-bond donors (Lipinski definition) is 1. The third-order valence-corrected chi connectivity index (χ3v) is 13.2. The monoisotopic (exact) mass is 613 g/mol. The molecule has 4 fully saturated rings. The fourth-order valence-electron chi connectivity index (χ4n) is 10.9. The van der Waals surface area contributed by atoms with Gasteiger partial charge in [-0.3, -0.25) is 4.90 Å². The molecule has 2 heterocycles. The Hall–Kier alpha value is -0.760. The molecule has 6 nitrogen and oxygen atoms in total. The first-order valence-electron chi connectivity index (χ1n) is 18.5. The van der Waals surface area contributed by atoms with Crippen LogP contribution in [0.25, 0.3) is 0 Å². The van der Waals surface area contributed by atoms with Crippen LogP contribution in [0, 0.1) is 35.0 Å². The molecule has 6 heteroatoms. The topological polar surface area (TPSA) is 60.4 Å². The summed E-state index contributed by atoms with van der Waals surface area (Å²) in [5, 5.41) is 10.4. The van der Waals surface area contributed by atoms with Gasteiger partial charge in [0.2, 0.25) is 0 Å². The van der Waals surface area contributed by atoms with E-state index in [1.165, 1.54) is 44.9 Å². The van der Waals surface area contributed by atoms with E-state index in [2.05, 4.69) is 45.6 Å². The van der Waals surface area contributed by atoms with Gasteiger partial charge in [-0.15, -0.1) is 0 Å². The zero-order valence-electron chi connectivity index (χ0n) is 28.7. The molecular formula is C38H63NO5. The van der Waals surface area contributed by atoms with E-state index in [-0.39, 0.29) is 11.7 Å². The van der Waals surface area contributed by atoms with Crippen LogP contribution in [0.3, 0.4) is 0 Å². The quantitative estimate of drug-likeness (QED) is 0.190. The lowest BCUT2D eigenvalue weighted by atomic mass is 9.56. The van der Waals surface area contributed by atoms with E-state index in [1.54, 1.807) is 16.7 Å². The van der Waals surface area contributed by atoms with Crippen LogP contribution in [0.2, 0.25) is 0 Å². The highest BCUT2D eigenvalue weighted by Crippen LogP contribution is 2.64. The lowest BCUT2D eigenvalue weighted by molar-refractivity contribution is -0.0807. The Kier molecular flexibility index (Phi) is 10.7. The van der Waals surface area contributed by atoms with Crippen molar-refractivity contribution in [1.82, 2.24) is 4.90 Å². The summed E-state index contributed by atoms with van der Waals surface area (Å²) in [6.45, 7) is 18.4. The first kappa shape index (κ1) is 33.2. The average Bonchev–Trinajstić information content (AvgIpc) is 3.46. The van der Waals surface area contributed by atoms with E-state index in [0.29, 0.717) is 55.8 Å². The minimum Gasteiger partial charge on any atom is -0.389 e. The molecule has 2 saturated heterocycles. The third kappa shape index (κ3) is 6.52. The maximum Gasteiger partial charge on any atom is 0.0765 e. The molecule has 1 N–H and O–H groups in total. The highest BCUT2D eigenvalue weighted by Gasteiger charge is 2.59. The maximum atomic E-state index is 10.4. The molecular weight excluding hydrogens is 550 g/mol. The summed E-state index contributed by atoms with van der Waals surface area (Å²) in [4.78, 5) is 2.72. The van der Waals surface area contributed by atoms with Crippen LogP contribution >= 0.6 is 0 Å². The lowest BCUT2D eigenvalue weighted by Crippen LogP contribution is -2.52. The minimum absolute atomic E-state index is 0.0267. The number of aliphatic hydroxyl groups excluding tert-OH is 1. The van der Waals surface area contributed by atoms with E-state index < -0.39 is 0 Å². The largest absolute Gasteiger partial charge is 0.389 e. The van der Waals surface area contributed by atoms with Crippen LogP contribution in [-0.4, -0.2) is 86.6 Å². The second-order valence-corrected chi connectivity index (χ2v) is 15.9. The number of rotatable bonds is 12. The van der Waals surface area contributed by atoms with Crippen LogP contribution in [0.15, 0.2) is 22.8 Å². The molecule has 0 aromatic rings. The lowest BCUT2D eigenvalue weighted by Gasteiger charge is -2.49. The Balaban J connectivity index is 1.05. The molecule has 6 rings (SSSR count). The van der Waals surface area contributed by atoms with Gasteiger partial charge in [0.05, 0.1) is 50.8 Å². The number of hydrogen-bond acceptors (Lipinski definition) is 6. The van der Waals surface area contributed by atoms with Crippen LogP contribution in [0.1, 0.15) is 105 Å². The van der Waals surface area contributed by atoms with Crippen molar-refractivity contribution < 1.29 is 24.1 Å². The van der Waals surface area contributed by atoms with Crippen molar-refractivity contribution in [2.45, 2.75) is 129 Å².